The monoisotopic (exact) mass is 250 g/mol. The van der Waals surface area contributed by atoms with Crippen molar-refractivity contribution in [2.24, 2.45) is 16.8 Å². The van der Waals surface area contributed by atoms with E-state index in [1.165, 1.54) is 0 Å². The first-order chi connectivity index (χ1) is 8.54. The summed E-state index contributed by atoms with van der Waals surface area (Å²) in [7, 11) is 0. The highest BCUT2D eigenvalue weighted by Crippen LogP contribution is 2.09. The molecular formula is C11H14N4O3. The molecule has 1 aromatic rings. The summed E-state index contributed by atoms with van der Waals surface area (Å²) in [5, 5.41) is 3.39. The second-order valence-corrected chi connectivity index (χ2v) is 3.75. The van der Waals surface area contributed by atoms with Gasteiger partial charge < -0.3 is 11.5 Å². The fraction of sp³-hybridized carbons (Fsp3) is 0.273. The molecule has 0 fully saturated rings. The zero-order chi connectivity index (χ0) is 13.5. The first kappa shape index (κ1) is 13.6. The highest BCUT2D eigenvalue weighted by atomic mass is 16.3. The van der Waals surface area contributed by atoms with Crippen LogP contribution in [-0.2, 0) is 16.0 Å². The van der Waals surface area contributed by atoms with Crippen LogP contribution in [0, 0.1) is 4.91 Å². The van der Waals surface area contributed by atoms with Crippen LogP contribution in [0.3, 0.4) is 0 Å². The first-order valence-corrected chi connectivity index (χ1v) is 5.26. The lowest BCUT2D eigenvalue weighted by Crippen LogP contribution is -2.46. The third-order valence-corrected chi connectivity index (χ3v) is 2.38. The summed E-state index contributed by atoms with van der Waals surface area (Å²) < 4.78 is 0. The van der Waals surface area contributed by atoms with Crippen molar-refractivity contribution in [3.8, 4) is 0 Å². The molecule has 96 valence electrons. The molecule has 0 saturated heterocycles. The van der Waals surface area contributed by atoms with Crippen LogP contribution in [0.5, 0.6) is 0 Å². The molecule has 0 radical (unpaired) electrons. The van der Waals surface area contributed by atoms with Crippen molar-refractivity contribution in [1.82, 2.24) is 5.01 Å². The smallest absolute Gasteiger partial charge is 0.242 e. The number of benzene rings is 1. The highest BCUT2D eigenvalue weighted by Gasteiger charge is 2.25. The fourth-order valence-corrected chi connectivity index (χ4v) is 1.55. The Kier molecular flexibility index (Phi) is 4.79. The molecule has 18 heavy (non-hydrogen) atoms. The van der Waals surface area contributed by atoms with Crippen molar-refractivity contribution in [3.63, 3.8) is 0 Å². The first-order valence-electron chi connectivity index (χ1n) is 5.26. The predicted octanol–water partition coefficient (Wildman–Crippen LogP) is -0.448. The van der Waals surface area contributed by atoms with Crippen LogP contribution in [0.1, 0.15) is 5.56 Å². The molecule has 7 nitrogen and oxygen atoms in total. The van der Waals surface area contributed by atoms with Crippen molar-refractivity contribution in [2.75, 3.05) is 6.54 Å². The Morgan fingerprint density at radius 1 is 1.22 bits per heavy atom. The van der Waals surface area contributed by atoms with Crippen LogP contribution in [0.15, 0.2) is 35.6 Å². The van der Waals surface area contributed by atoms with E-state index in [0.29, 0.717) is 0 Å². The molecular weight excluding hydrogens is 236 g/mol. The lowest BCUT2D eigenvalue weighted by molar-refractivity contribution is -0.125. The molecule has 0 aromatic heterocycles. The second-order valence-electron chi connectivity index (χ2n) is 3.75. The van der Waals surface area contributed by atoms with Crippen LogP contribution in [0.4, 0.5) is 0 Å². The number of carbonyl (C=O) groups is 2. The third-order valence-electron chi connectivity index (χ3n) is 2.38. The Bertz CT molecular complexity index is 435. The molecule has 1 unspecified atom stereocenters. The SMILES string of the molecule is NC(=O)CN(N=O)C(Cc1ccccc1)C(N)=O. The standard InChI is InChI=1S/C11H14N4O3/c12-10(16)7-15(14-18)9(11(13)17)6-8-4-2-1-3-5-8/h1-5,9H,6-7H2,(H2,12,16)(H2,13,17). The van der Waals surface area contributed by atoms with Gasteiger partial charge >= 0.3 is 0 Å². The number of nitrogens with two attached hydrogens (primary N) is 2. The van der Waals surface area contributed by atoms with Gasteiger partial charge in [0.25, 0.3) is 0 Å². The second kappa shape index (κ2) is 6.33. The van der Waals surface area contributed by atoms with E-state index < -0.39 is 24.4 Å². The van der Waals surface area contributed by atoms with Gasteiger partial charge in [0.05, 0.1) is 5.29 Å². The zero-order valence-corrected chi connectivity index (χ0v) is 9.65. The van der Waals surface area contributed by atoms with Crippen LogP contribution >= 0.6 is 0 Å². The normalized spacial score (nSPS) is 11.6. The molecule has 2 amide bonds. The Hall–Kier alpha value is -2.44. The summed E-state index contributed by atoms with van der Waals surface area (Å²) in [4.78, 5) is 32.7. The van der Waals surface area contributed by atoms with E-state index in [4.69, 9.17) is 11.5 Å². The zero-order valence-electron chi connectivity index (χ0n) is 9.65. The van der Waals surface area contributed by atoms with E-state index in [-0.39, 0.29) is 6.42 Å². The van der Waals surface area contributed by atoms with Crippen LogP contribution in [0.25, 0.3) is 0 Å². The lowest BCUT2D eigenvalue weighted by atomic mass is 10.1. The third kappa shape index (κ3) is 3.85. The van der Waals surface area contributed by atoms with E-state index in [9.17, 15) is 14.5 Å². The summed E-state index contributed by atoms with van der Waals surface area (Å²) in [6.07, 6.45) is 0.190. The predicted molar refractivity (Wildman–Crippen MR) is 64.8 cm³/mol. The van der Waals surface area contributed by atoms with E-state index in [1.807, 2.05) is 6.07 Å². The molecule has 0 saturated carbocycles. The Morgan fingerprint density at radius 2 is 1.83 bits per heavy atom. The molecule has 0 aliphatic heterocycles. The van der Waals surface area contributed by atoms with Gasteiger partial charge in [0, 0.05) is 6.42 Å². The van der Waals surface area contributed by atoms with Gasteiger partial charge in [-0.15, -0.1) is 4.91 Å². The van der Waals surface area contributed by atoms with E-state index in [0.717, 1.165) is 10.6 Å². The molecule has 0 aliphatic carbocycles. The number of nitroso groups, excluding NO2 is 1. The van der Waals surface area contributed by atoms with Crippen molar-refractivity contribution < 1.29 is 9.59 Å². The number of rotatable bonds is 7. The van der Waals surface area contributed by atoms with E-state index in [1.54, 1.807) is 24.3 Å². The van der Waals surface area contributed by atoms with Gasteiger partial charge in [-0.2, -0.15) is 0 Å². The average Bonchev–Trinajstić information content (AvgIpc) is 2.34. The number of nitrogens with zero attached hydrogens (tertiary/aromatic N) is 2. The van der Waals surface area contributed by atoms with Crippen molar-refractivity contribution in [3.05, 3.63) is 40.8 Å². The summed E-state index contributed by atoms with van der Waals surface area (Å²) in [5.74, 6) is -1.49. The molecule has 1 rings (SSSR count). The minimum Gasteiger partial charge on any atom is -0.368 e. The Morgan fingerprint density at radius 3 is 2.28 bits per heavy atom. The van der Waals surface area contributed by atoms with Crippen molar-refractivity contribution in [2.45, 2.75) is 12.5 Å². The lowest BCUT2D eigenvalue weighted by Gasteiger charge is -2.22. The van der Waals surface area contributed by atoms with Gasteiger partial charge in [-0.3, -0.25) is 9.59 Å². The van der Waals surface area contributed by atoms with Crippen LogP contribution in [-0.4, -0.2) is 29.4 Å². The number of carbonyl (C=O) groups excluding carboxylic acids is 2. The summed E-state index contributed by atoms with van der Waals surface area (Å²) in [6, 6.07) is 7.98. The molecule has 0 bridgehead atoms. The number of hydrogen-bond donors (Lipinski definition) is 2. The fourth-order valence-electron chi connectivity index (χ4n) is 1.55. The minimum atomic E-state index is -0.989. The van der Waals surface area contributed by atoms with E-state index >= 15 is 0 Å². The maximum atomic E-state index is 11.3. The molecule has 1 aromatic carbocycles. The molecule has 0 spiro atoms. The van der Waals surface area contributed by atoms with Gasteiger partial charge in [0.15, 0.2) is 0 Å². The number of primary amides is 2. The van der Waals surface area contributed by atoms with Gasteiger partial charge in [-0.1, -0.05) is 30.3 Å². The van der Waals surface area contributed by atoms with Gasteiger partial charge in [-0.05, 0) is 5.56 Å². The Labute approximate surface area is 104 Å². The molecule has 4 N–H and O–H groups in total. The summed E-state index contributed by atoms with van der Waals surface area (Å²) >= 11 is 0. The quantitative estimate of drug-likeness (QED) is 0.503. The number of amides is 2. The van der Waals surface area contributed by atoms with E-state index in [2.05, 4.69) is 5.29 Å². The molecule has 7 heteroatoms. The maximum Gasteiger partial charge on any atom is 0.242 e. The maximum absolute atomic E-state index is 11.3. The van der Waals surface area contributed by atoms with Crippen molar-refractivity contribution >= 4 is 11.8 Å². The summed E-state index contributed by atoms with van der Waals surface area (Å²) in [5.41, 5.74) is 11.0. The topological polar surface area (TPSA) is 119 Å². The molecule has 0 aliphatic rings. The Balaban J connectivity index is 2.84. The molecule has 1 atom stereocenters. The highest BCUT2D eigenvalue weighted by molar-refractivity contribution is 5.82. The van der Waals surface area contributed by atoms with Gasteiger partial charge in [-0.25, -0.2) is 5.01 Å². The van der Waals surface area contributed by atoms with Crippen LogP contribution < -0.4 is 11.5 Å². The largest absolute Gasteiger partial charge is 0.368 e. The van der Waals surface area contributed by atoms with Gasteiger partial charge in [0.2, 0.25) is 11.8 Å². The summed E-state index contributed by atoms with van der Waals surface area (Å²) in [6.45, 7) is -0.441. The molecule has 0 heterocycles. The van der Waals surface area contributed by atoms with Crippen LogP contribution in [0.2, 0.25) is 0 Å². The van der Waals surface area contributed by atoms with Crippen molar-refractivity contribution in [1.29, 1.82) is 0 Å². The number of hydrogen-bond acceptors (Lipinski definition) is 4. The minimum absolute atomic E-state index is 0.190. The average molecular weight is 250 g/mol. The van der Waals surface area contributed by atoms with Gasteiger partial charge in [0.1, 0.15) is 12.6 Å².